The molecule has 4 nitrogen and oxygen atoms in total. The number of anilines is 1. The fourth-order valence-electron chi connectivity index (χ4n) is 2.63. The third-order valence-electron chi connectivity index (χ3n) is 3.58. The maximum atomic E-state index is 5.82. The lowest BCUT2D eigenvalue weighted by molar-refractivity contribution is 0.219. The molecular weight excluding hydrogens is 250 g/mol. The lowest BCUT2D eigenvalue weighted by Crippen LogP contribution is -2.23. The van der Waals surface area contributed by atoms with Crippen molar-refractivity contribution < 1.29 is 4.74 Å². The number of aryl methyl sites for hydroxylation is 1. The number of ether oxygens (including phenoxy) is 1. The molecule has 1 N–H and O–H groups in total. The molecule has 0 aliphatic carbocycles. The second-order valence-corrected chi connectivity index (χ2v) is 5.25. The monoisotopic (exact) mass is 269 g/mol. The number of para-hydroxylation sites is 1. The van der Waals surface area contributed by atoms with Crippen LogP contribution >= 0.6 is 0 Å². The van der Waals surface area contributed by atoms with E-state index in [-0.39, 0.29) is 0 Å². The number of benzene rings is 1. The van der Waals surface area contributed by atoms with Gasteiger partial charge in [0, 0.05) is 31.1 Å². The Morgan fingerprint density at radius 1 is 1.30 bits per heavy atom. The molecule has 0 radical (unpaired) electrons. The first-order chi connectivity index (χ1) is 9.74. The number of hydrogen-bond donors (Lipinski definition) is 1. The molecule has 0 spiro atoms. The zero-order valence-electron chi connectivity index (χ0n) is 11.9. The van der Waals surface area contributed by atoms with Gasteiger partial charge < -0.3 is 10.1 Å². The Balaban J connectivity index is 1.75. The first kappa shape index (κ1) is 12.9. The maximum absolute atomic E-state index is 5.82. The van der Waals surface area contributed by atoms with Gasteiger partial charge in [-0.05, 0) is 25.0 Å². The fourth-order valence-corrected chi connectivity index (χ4v) is 2.63. The molecule has 1 aliphatic rings. The van der Waals surface area contributed by atoms with Gasteiger partial charge in [0.05, 0.1) is 6.61 Å². The van der Waals surface area contributed by atoms with Crippen molar-refractivity contribution in [1.82, 2.24) is 9.97 Å². The molecule has 2 aromatic rings. The van der Waals surface area contributed by atoms with E-state index in [9.17, 15) is 0 Å². The first-order valence-electron chi connectivity index (χ1n) is 6.97. The van der Waals surface area contributed by atoms with Crippen molar-refractivity contribution in [2.24, 2.45) is 5.92 Å². The third-order valence-corrected chi connectivity index (χ3v) is 3.58. The van der Waals surface area contributed by atoms with Crippen molar-refractivity contribution in [3.8, 4) is 5.75 Å². The van der Waals surface area contributed by atoms with E-state index in [4.69, 9.17) is 4.74 Å². The molecule has 1 aromatic heterocycles. The van der Waals surface area contributed by atoms with E-state index in [0.29, 0.717) is 5.92 Å². The van der Waals surface area contributed by atoms with Gasteiger partial charge in [-0.25, -0.2) is 9.97 Å². The summed E-state index contributed by atoms with van der Waals surface area (Å²) in [4.78, 5) is 9.05. The van der Waals surface area contributed by atoms with E-state index < -0.39 is 0 Å². The Morgan fingerprint density at radius 3 is 3.00 bits per heavy atom. The molecule has 0 saturated carbocycles. The average Bonchev–Trinajstić information content (AvgIpc) is 2.46. The Morgan fingerprint density at radius 2 is 2.15 bits per heavy atom. The van der Waals surface area contributed by atoms with Crippen LogP contribution in [-0.4, -0.2) is 23.6 Å². The third kappa shape index (κ3) is 2.74. The zero-order valence-corrected chi connectivity index (χ0v) is 11.9. The maximum Gasteiger partial charge on any atom is 0.131 e. The fraction of sp³-hybridized carbons (Fsp3) is 0.375. The van der Waals surface area contributed by atoms with E-state index in [1.165, 1.54) is 5.56 Å². The van der Waals surface area contributed by atoms with Gasteiger partial charge in [-0.15, -0.1) is 0 Å². The minimum absolute atomic E-state index is 0.441. The normalized spacial score (nSPS) is 17.2. The summed E-state index contributed by atoms with van der Waals surface area (Å²) in [5, 5.41) is 3.08. The predicted octanol–water partition coefficient (Wildman–Crippen LogP) is 2.62. The molecule has 20 heavy (non-hydrogen) atoms. The number of hydrogen-bond acceptors (Lipinski definition) is 4. The Hall–Kier alpha value is -2.10. The summed E-state index contributed by atoms with van der Waals surface area (Å²) in [5.41, 5.74) is 2.28. The van der Waals surface area contributed by atoms with Crippen LogP contribution in [0.2, 0.25) is 0 Å². The smallest absolute Gasteiger partial charge is 0.131 e. The number of nitrogens with zero attached hydrogens (tertiary/aromatic N) is 2. The number of nitrogens with one attached hydrogen (secondary N) is 1. The van der Waals surface area contributed by atoms with Crippen molar-refractivity contribution in [1.29, 1.82) is 0 Å². The van der Waals surface area contributed by atoms with E-state index in [1.807, 2.05) is 32.2 Å². The summed E-state index contributed by atoms with van der Waals surface area (Å²) in [6, 6.07) is 10.2. The molecule has 1 aromatic carbocycles. The lowest BCUT2D eigenvalue weighted by atomic mass is 9.94. The molecule has 1 atom stereocenters. The summed E-state index contributed by atoms with van der Waals surface area (Å²) in [7, 11) is 1.88. The van der Waals surface area contributed by atoms with Crippen LogP contribution in [-0.2, 0) is 12.8 Å². The molecule has 0 bridgehead atoms. The van der Waals surface area contributed by atoms with Gasteiger partial charge >= 0.3 is 0 Å². The molecule has 104 valence electrons. The van der Waals surface area contributed by atoms with Crippen LogP contribution in [0.25, 0.3) is 0 Å². The van der Waals surface area contributed by atoms with Gasteiger partial charge in [-0.3, -0.25) is 0 Å². The van der Waals surface area contributed by atoms with E-state index in [2.05, 4.69) is 27.4 Å². The number of rotatable bonds is 3. The van der Waals surface area contributed by atoms with Crippen LogP contribution in [0.4, 0.5) is 5.82 Å². The second-order valence-electron chi connectivity index (χ2n) is 5.25. The molecule has 3 rings (SSSR count). The van der Waals surface area contributed by atoms with Gasteiger partial charge in [0.1, 0.15) is 17.4 Å². The van der Waals surface area contributed by atoms with Crippen LogP contribution in [0.5, 0.6) is 5.75 Å². The minimum Gasteiger partial charge on any atom is -0.493 e. The van der Waals surface area contributed by atoms with Crippen molar-refractivity contribution in [2.45, 2.75) is 19.8 Å². The highest BCUT2D eigenvalue weighted by Crippen LogP contribution is 2.28. The molecule has 0 amide bonds. The molecular formula is C16H19N3O. The molecule has 2 heterocycles. The molecule has 4 heteroatoms. The molecule has 1 aliphatic heterocycles. The second kappa shape index (κ2) is 5.49. The standard InChI is InChI=1S/C16H19N3O/c1-11-7-15(17-2)19-16(18-11)9-12-8-13-5-3-4-6-14(13)20-10-12/h3-7,12H,8-10H2,1-2H3,(H,17,18,19)/t12-/m1/s1. The zero-order chi connectivity index (χ0) is 13.9. The Kier molecular flexibility index (Phi) is 3.54. The van der Waals surface area contributed by atoms with Crippen molar-refractivity contribution in [3.63, 3.8) is 0 Å². The van der Waals surface area contributed by atoms with Crippen LogP contribution in [0.3, 0.4) is 0 Å². The van der Waals surface area contributed by atoms with E-state index in [0.717, 1.165) is 42.5 Å². The SMILES string of the molecule is CNc1cc(C)nc(C[C@@H]2COc3ccccc3C2)n1. The van der Waals surface area contributed by atoms with Crippen molar-refractivity contribution >= 4 is 5.82 Å². The van der Waals surface area contributed by atoms with Crippen molar-refractivity contribution in [3.05, 3.63) is 47.4 Å². The minimum atomic E-state index is 0.441. The highest BCUT2D eigenvalue weighted by atomic mass is 16.5. The van der Waals surface area contributed by atoms with Crippen LogP contribution in [0.1, 0.15) is 17.1 Å². The average molecular weight is 269 g/mol. The Labute approximate surface area is 119 Å². The summed E-state index contributed by atoms with van der Waals surface area (Å²) in [6.45, 7) is 2.74. The van der Waals surface area contributed by atoms with E-state index in [1.54, 1.807) is 0 Å². The van der Waals surface area contributed by atoms with Crippen LogP contribution in [0.15, 0.2) is 30.3 Å². The van der Waals surface area contributed by atoms with Gasteiger partial charge in [0.25, 0.3) is 0 Å². The summed E-state index contributed by atoms with van der Waals surface area (Å²) in [6.07, 6.45) is 1.88. The summed E-state index contributed by atoms with van der Waals surface area (Å²) < 4.78 is 5.82. The van der Waals surface area contributed by atoms with Gasteiger partial charge in [-0.2, -0.15) is 0 Å². The predicted molar refractivity (Wildman–Crippen MR) is 79.2 cm³/mol. The van der Waals surface area contributed by atoms with Gasteiger partial charge in [0.2, 0.25) is 0 Å². The largest absolute Gasteiger partial charge is 0.493 e. The molecule has 0 saturated heterocycles. The summed E-state index contributed by atoms with van der Waals surface area (Å²) in [5.74, 6) is 3.23. The van der Waals surface area contributed by atoms with E-state index >= 15 is 0 Å². The van der Waals surface area contributed by atoms with Gasteiger partial charge in [0.15, 0.2) is 0 Å². The van der Waals surface area contributed by atoms with Crippen LogP contribution < -0.4 is 10.1 Å². The lowest BCUT2D eigenvalue weighted by Gasteiger charge is -2.24. The topological polar surface area (TPSA) is 47.0 Å². The van der Waals surface area contributed by atoms with Crippen LogP contribution in [0, 0.1) is 12.8 Å². The van der Waals surface area contributed by atoms with Gasteiger partial charge in [-0.1, -0.05) is 18.2 Å². The quantitative estimate of drug-likeness (QED) is 0.930. The number of aromatic nitrogens is 2. The highest BCUT2D eigenvalue weighted by Gasteiger charge is 2.21. The first-order valence-corrected chi connectivity index (χ1v) is 6.97. The number of fused-ring (bicyclic) bond motifs is 1. The molecule has 0 unspecified atom stereocenters. The Bertz CT molecular complexity index is 612. The highest BCUT2D eigenvalue weighted by molar-refractivity contribution is 5.36. The van der Waals surface area contributed by atoms with Crippen molar-refractivity contribution in [2.75, 3.05) is 19.0 Å². The molecule has 0 fully saturated rings. The summed E-state index contributed by atoms with van der Waals surface area (Å²) >= 11 is 0.